The first-order valence-corrected chi connectivity index (χ1v) is 6.86. The van der Waals surface area contributed by atoms with Crippen LogP contribution in [0.5, 0.6) is 0 Å². The lowest BCUT2D eigenvalue weighted by molar-refractivity contribution is -0.384. The largest absolute Gasteiger partial charge is 0.503 e. The van der Waals surface area contributed by atoms with E-state index in [1.807, 2.05) is 0 Å². The molecular weight excluding hydrogens is 304 g/mol. The van der Waals surface area contributed by atoms with E-state index in [4.69, 9.17) is 4.74 Å². The van der Waals surface area contributed by atoms with Crippen LogP contribution in [0.1, 0.15) is 18.5 Å². The molecule has 1 aromatic rings. The molecule has 0 fully saturated rings. The smallest absolute Gasteiger partial charge is 0.290 e. The number of aliphatic hydroxyl groups excluding tert-OH is 1. The van der Waals surface area contributed by atoms with Gasteiger partial charge in [0, 0.05) is 25.8 Å². The van der Waals surface area contributed by atoms with E-state index in [2.05, 4.69) is 0 Å². The first kappa shape index (κ1) is 16.6. The number of carbonyl (C=O) groups excluding carboxylic acids is 2. The summed E-state index contributed by atoms with van der Waals surface area (Å²) in [6, 6.07) is 4.79. The SMILES string of the molecule is COCCN1C(=O)C(O)=C(C(C)=O)C1c1cccc([N+](=O)[O-])c1. The number of Topliss-reactive ketones (excluding diaryl/α,β-unsaturated/α-hetero) is 1. The lowest BCUT2D eigenvalue weighted by Gasteiger charge is -2.26. The van der Waals surface area contributed by atoms with Crippen LogP contribution in [0.3, 0.4) is 0 Å². The maximum absolute atomic E-state index is 12.2. The molecule has 0 aromatic heterocycles. The summed E-state index contributed by atoms with van der Waals surface area (Å²) in [6.45, 7) is 1.59. The Balaban J connectivity index is 2.52. The second-order valence-electron chi connectivity index (χ2n) is 5.06. The van der Waals surface area contributed by atoms with Gasteiger partial charge in [0.1, 0.15) is 0 Å². The van der Waals surface area contributed by atoms with Gasteiger partial charge in [0.05, 0.1) is 23.1 Å². The third kappa shape index (κ3) is 3.07. The van der Waals surface area contributed by atoms with E-state index in [9.17, 15) is 24.8 Å². The Morgan fingerprint density at radius 3 is 2.74 bits per heavy atom. The standard InChI is InChI=1S/C15H16N2O6/c1-9(18)12-13(10-4-3-5-11(8-10)17(21)22)16(6-7-23-2)15(20)14(12)19/h3-5,8,13,19H,6-7H2,1-2H3. The molecule has 0 aliphatic carbocycles. The van der Waals surface area contributed by atoms with E-state index in [0.29, 0.717) is 5.56 Å². The van der Waals surface area contributed by atoms with Crippen molar-refractivity contribution < 1.29 is 24.4 Å². The van der Waals surface area contributed by atoms with Gasteiger partial charge in [-0.3, -0.25) is 19.7 Å². The predicted octanol–water partition coefficient (Wildman–Crippen LogP) is 1.53. The van der Waals surface area contributed by atoms with Gasteiger partial charge < -0.3 is 14.7 Å². The minimum atomic E-state index is -0.866. The van der Waals surface area contributed by atoms with E-state index in [-0.39, 0.29) is 24.4 Å². The van der Waals surface area contributed by atoms with Crippen molar-refractivity contribution in [3.05, 3.63) is 51.3 Å². The summed E-state index contributed by atoms with van der Waals surface area (Å²) in [5.41, 5.74) is 0.167. The number of nitro groups is 1. The fraction of sp³-hybridized carbons (Fsp3) is 0.333. The van der Waals surface area contributed by atoms with Crippen molar-refractivity contribution in [1.29, 1.82) is 0 Å². The lowest BCUT2D eigenvalue weighted by atomic mass is 9.96. The van der Waals surface area contributed by atoms with Gasteiger partial charge in [0.15, 0.2) is 11.5 Å². The van der Waals surface area contributed by atoms with Crippen molar-refractivity contribution in [2.45, 2.75) is 13.0 Å². The number of non-ortho nitro benzene ring substituents is 1. The van der Waals surface area contributed by atoms with Crippen LogP contribution in [0.15, 0.2) is 35.6 Å². The van der Waals surface area contributed by atoms with E-state index >= 15 is 0 Å². The molecule has 1 atom stereocenters. The van der Waals surface area contributed by atoms with E-state index < -0.39 is 28.4 Å². The average molecular weight is 320 g/mol. The number of amides is 1. The molecule has 1 N–H and O–H groups in total. The summed E-state index contributed by atoms with van der Waals surface area (Å²) >= 11 is 0. The Bertz CT molecular complexity index is 697. The molecule has 0 saturated heterocycles. The Morgan fingerprint density at radius 1 is 1.48 bits per heavy atom. The molecule has 0 bridgehead atoms. The monoisotopic (exact) mass is 320 g/mol. The molecule has 1 aliphatic rings. The highest BCUT2D eigenvalue weighted by molar-refractivity contribution is 6.08. The van der Waals surface area contributed by atoms with Crippen molar-refractivity contribution in [1.82, 2.24) is 4.90 Å². The van der Waals surface area contributed by atoms with Gasteiger partial charge >= 0.3 is 0 Å². The van der Waals surface area contributed by atoms with Gasteiger partial charge in [-0.1, -0.05) is 12.1 Å². The van der Waals surface area contributed by atoms with Gasteiger partial charge in [-0.05, 0) is 12.5 Å². The Morgan fingerprint density at radius 2 is 2.17 bits per heavy atom. The zero-order chi connectivity index (χ0) is 17.1. The number of ketones is 1. The zero-order valence-electron chi connectivity index (χ0n) is 12.7. The maximum Gasteiger partial charge on any atom is 0.290 e. The third-order valence-corrected chi connectivity index (χ3v) is 3.62. The molecule has 2 rings (SSSR count). The highest BCUT2D eigenvalue weighted by Gasteiger charge is 2.42. The fourth-order valence-electron chi connectivity index (χ4n) is 2.59. The van der Waals surface area contributed by atoms with Crippen LogP contribution in [0, 0.1) is 10.1 Å². The number of carbonyl (C=O) groups is 2. The Hall–Kier alpha value is -2.74. The van der Waals surface area contributed by atoms with Gasteiger partial charge in [0.25, 0.3) is 11.6 Å². The van der Waals surface area contributed by atoms with E-state index in [0.717, 1.165) is 0 Å². The molecule has 8 heteroatoms. The molecule has 1 amide bonds. The van der Waals surface area contributed by atoms with Gasteiger partial charge in [-0.15, -0.1) is 0 Å². The summed E-state index contributed by atoms with van der Waals surface area (Å²) in [6.07, 6.45) is 0. The van der Waals surface area contributed by atoms with E-state index in [1.165, 1.54) is 37.1 Å². The molecule has 1 aromatic carbocycles. The molecule has 1 aliphatic heterocycles. The molecule has 8 nitrogen and oxygen atoms in total. The molecule has 1 unspecified atom stereocenters. The summed E-state index contributed by atoms with van der Waals surface area (Å²) < 4.78 is 4.94. The molecule has 0 spiro atoms. The van der Waals surface area contributed by atoms with Crippen LogP contribution >= 0.6 is 0 Å². The summed E-state index contributed by atoms with van der Waals surface area (Å²) in [5.74, 6) is -1.78. The van der Waals surface area contributed by atoms with Crippen LogP contribution in [-0.2, 0) is 14.3 Å². The summed E-state index contributed by atoms with van der Waals surface area (Å²) in [7, 11) is 1.46. The normalized spacial score (nSPS) is 17.7. The molecule has 23 heavy (non-hydrogen) atoms. The lowest BCUT2D eigenvalue weighted by Crippen LogP contribution is -2.33. The number of benzene rings is 1. The summed E-state index contributed by atoms with van der Waals surface area (Å²) in [5, 5.41) is 20.9. The highest BCUT2D eigenvalue weighted by Crippen LogP contribution is 2.38. The first-order chi connectivity index (χ1) is 10.9. The molecule has 0 saturated carbocycles. The number of rotatable bonds is 6. The number of methoxy groups -OCH3 is 1. The number of ether oxygens (including phenoxy) is 1. The average Bonchev–Trinajstić information content (AvgIpc) is 2.77. The van der Waals surface area contributed by atoms with Crippen molar-refractivity contribution in [3.63, 3.8) is 0 Å². The number of nitro benzene ring substituents is 1. The third-order valence-electron chi connectivity index (χ3n) is 3.62. The van der Waals surface area contributed by atoms with Crippen molar-refractivity contribution >= 4 is 17.4 Å². The van der Waals surface area contributed by atoms with Crippen LogP contribution in [0.2, 0.25) is 0 Å². The quantitative estimate of drug-likeness (QED) is 0.628. The molecular formula is C15H16N2O6. The van der Waals surface area contributed by atoms with Gasteiger partial charge in [-0.2, -0.15) is 0 Å². The van der Waals surface area contributed by atoms with Crippen molar-refractivity contribution in [2.24, 2.45) is 0 Å². The topological polar surface area (TPSA) is 110 Å². The number of aliphatic hydroxyl groups is 1. The number of nitrogens with zero attached hydrogens (tertiary/aromatic N) is 2. The van der Waals surface area contributed by atoms with Crippen molar-refractivity contribution in [3.8, 4) is 0 Å². The van der Waals surface area contributed by atoms with Crippen LogP contribution < -0.4 is 0 Å². The van der Waals surface area contributed by atoms with Gasteiger partial charge in [-0.25, -0.2) is 0 Å². The number of hydrogen-bond donors (Lipinski definition) is 1. The zero-order valence-corrected chi connectivity index (χ0v) is 12.7. The van der Waals surface area contributed by atoms with Crippen LogP contribution in [0.4, 0.5) is 5.69 Å². The Labute approximate surface area is 132 Å². The van der Waals surface area contributed by atoms with Crippen LogP contribution in [0.25, 0.3) is 0 Å². The van der Waals surface area contributed by atoms with Crippen LogP contribution in [-0.4, -0.2) is 46.9 Å². The minimum Gasteiger partial charge on any atom is -0.503 e. The molecule has 1 heterocycles. The second kappa shape index (κ2) is 6.57. The van der Waals surface area contributed by atoms with E-state index in [1.54, 1.807) is 6.07 Å². The predicted molar refractivity (Wildman–Crippen MR) is 79.8 cm³/mol. The van der Waals surface area contributed by atoms with Gasteiger partial charge in [0.2, 0.25) is 0 Å². The molecule has 0 radical (unpaired) electrons. The number of hydrogen-bond acceptors (Lipinski definition) is 6. The fourth-order valence-corrected chi connectivity index (χ4v) is 2.59. The van der Waals surface area contributed by atoms with Crippen molar-refractivity contribution in [2.75, 3.05) is 20.3 Å². The maximum atomic E-state index is 12.2. The second-order valence-corrected chi connectivity index (χ2v) is 5.06. The minimum absolute atomic E-state index is 0.0633. The summed E-state index contributed by atoms with van der Waals surface area (Å²) in [4.78, 5) is 35.7. The molecule has 122 valence electrons. The highest BCUT2D eigenvalue weighted by atomic mass is 16.6. The first-order valence-electron chi connectivity index (χ1n) is 6.86. The Kier molecular flexibility index (Phi) is 4.75.